The van der Waals surface area contributed by atoms with E-state index in [1.165, 1.54) is 21.8 Å². The van der Waals surface area contributed by atoms with Crippen LogP contribution in [0.2, 0.25) is 0 Å². The molecule has 0 aliphatic carbocycles. The molecule has 0 unspecified atom stereocenters. The van der Waals surface area contributed by atoms with E-state index in [2.05, 4.69) is 10.1 Å². The van der Waals surface area contributed by atoms with Crippen molar-refractivity contribution in [2.24, 2.45) is 7.05 Å². The molecule has 3 aromatic heterocycles. The Morgan fingerprint density at radius 1 is 1.50 bits per heavy atom. The lowest BCUT2D eigenvalue weighted by molar-refractivity contribution is 0.0701. The van der Waals surface area contributed by atoms with Gasteiger partial charge in [0.1, 0.15) is 16.6 Å². The second-order valence-corrected chi connectivity index (χ2v) is 5.18. The minimum atomic E-state index is -0.988. The standard InChI is InChI=1S/C12H10N4O3S/c1-15-10-8(4-14-15)11(17)16(6-13-10)5-7-2-3-20-9(7)12(18)19/h2-4,6H,5H2,1H3,(H,18,19). The number of rotatable bonds is 3. The molecule has 0 saturated heterocycles. The third kappa shape index (κ3) is 1.90. The van der Waals surface area contributed by atoms with Gasteiger partial charge in [-0.3, -0.25) is 14.0 Å². The van der Waals surface area contributed by atoms with Crippen molar-refractivity contribution in [2.45, 2.75) is 6.54 Å². The van der Waals surface area contributed by atoms with Gasteiger partial charge in [-0.25, -0.2) is 9.78 Å². The number of carboxylic acid groups (broad SMARTS) is 1. The molecule has 0 bridgehead atoms. The van der Waals surface area contributed by atoms with Crippen molar-refractivity contribution in [3.05, 3.63) is 44.8 Å². The van der Waals surface area contributed by atoms with Crippen molar-refractivity contribution in [3.63, 3.8) is 0 Å². The molecule has 0 amide bonds. The molecule has 0 aromatic carbocycles. The molecule has 8 heteroatoms. The SMILES string of the molecule is Cn1ncc2c(=O)n(Cc3ccsc3C(=O)O)cnc21. The Hall–Kier alpha value is -2.48. The van der Waals surface area contributed by atoms with E-state index in [9.17, 15) is 9.59 Å². The quantitative estimate of drug-likeness (QED) is 0.775. The van der Waals surface area contributed by atoms with Crippen molar-refractivity contribution < 1.29 is 9.90 Å². The largest absolute Gasteiger partial charge is 0.477 e. The van der Waals surface area contributed by atoms with E-state index in [0.717, 1.165) is 11.3 Å². The van der Waals surface area contributed by atoms with Gasteiger partial charge in [-0.1, -0.05) is 0 Å². The predicted octanol–water partition coefficient (Wildman–Crippen LogP) is 0.938. The van der Waals surface area contributed by atoms with Crippen LogP contribution in [-0.4, -0.2) is 30.4 Å². The average molecular weight is 290 g/mol. The number of carboxylic acids is 1. The highest BCUT2D eigenvalue weighted by Gasteiger charge is 2.14. The van der Waals surface area contributed by atoms with Crippen LogP contribution in [0.3, 0.4) is 0 Å². The van der Waals surface area contributed by atoms with Gasteiger partial charge in [0.25, 0.3) is 5.56 Å². The number of carbonyl (C=O) groups is 1. The monoisotopic (exact) mass is 290 g/mol. The smallest absolute Gasteiger partial charge is 0.346 e. The lowest BCUT2D eigenvalue weighted by Crippen LogP contribution is -2.21. The van der Waals surface area contributed by atoms with Gasteiger partial charge in [-0.05, 0) is 17.0 Å². The van der Waals surface area contributed by atoms with Crippen LogP contribution in [0, 0.1) is 0 Å². The maximum Gasteiger partial charge on any atom is 0.346 e. The Kier molecular flexibility index (Phi) is 2.87. The van der Waals surface area contributed by atoms with E-state index in [1.807, 2.05) is 0 Å². The molecule has 1 N–H and O–H groups in total. The van der Waals surface area contributed by atoms with E-state index < -0.39 is 5.97 Å². The van der Waals surface area contributed by atoms with Crippen molar-refractivity contribution in [1.29, 1.82) is 0 Å². The molecule has 7 nitrogen and oxygen atoms in total. The first-order chi connectivity index (χ1) is 9.58. The summed E-state index contributed by atoms with van der Waals surface area (Å²) < 4.78 is 2.91. The minimum absolute atomic E-state index is 0.182. The fraction of sp³-hybridized carbons (Fsp3) is 0.167. The topological polar surface area (TPSA) is 90.0 Å². The summed E-state index contributed by atoms with van der Waals surface area (Å²) in [6.07, 6.45) is 2.88. The first-order valence-electron chi connectivity index (χ1n) is 5.74. The van der Waals surface area contributed by atoms with Crippen LogP contribution in [-0.2, 0) is 13.6 Å². The average Bonchev–Trinajstić information content (AvgIpc) is 3.00. The summed E-state index contributed by atoms with van der Waals surface area (Å²) in [5.74, 6) is -0.988. The molecular weight excluding hydrogens is 280 g/mol. The highest BCUT2D eigenvalue weighted by Crippen LogP contribution is 2.17. The van der Waals surface area contributed by atoms with Crippen LogP contribution >= 0.6 is 11.3 Å². The van der Waals surface area contributed by atoms with Gasteiger partial charge in [0.05, 0.1) is 12.7 Å². The van der Waals surface area contributed by atoms with Crippen LogP contribution in [0.15, 0.2) is 28.8 Å². The fourth-order valence-electron chi connectivity index (χ4n) is 2.01. The van der Waals surface area contributed by atoms with Gasteiger partial charge >= 0.3 is 5.97 Å². The first kappa shape index (κ1) is 12.5. The third-order valence-corrected chi connectivity index (χ3v) is 3.94. The normalized spacial score (nSPS) is 11.1. The Morgan fingerprint density at radius 3 is 3.05 bits per heavy atom. The summed E-state index contributed by atoms with van der Waals surface area (Å²) in [6, 6.07) is 1.70. The van der Waals surface area contributed by atoms with Crippen molar-refractivity contribution in [3.8, 4) is 0 Å². The Balaban J connectivity index is 2.07. The number of hydrogen-bond donors (Lipinski definition) is 1. The zero-order valence-corrected chi connectivity index (χ0v) is 11.3. The Morgan fingerprint density at radius 2 is 2.30 bits per heavy atom. The van der Waals surface area contributed by atoms with E-state index >= 15 is 0 Å². The fourth-order valence-corrected chi connectivity index (χ4v) is 2.76. The van der Waals surface area contributed by atoms with Crippen LogP contribution in [0.25, 0.3) is 11.0 Å². The third-order valence-electron chi connectivity index (χ3n) is 3.00. The van der Waals surface area contributed by atoms with E-state index in [-0.39, 0.29) is 17.0 Å². The zero-order chi connectivity index (χ0) is 14.3. The van der Waals surface area contributed by atoms with Gasteiger partial charge in [-0.15, -0.1) is 11.3 Å². The van der Waals surface area contributed by atoms with Crippen LogP contribution in [0.1, 0.15) is 15.2 Å². The molecule has 102 valence electrons. The lowest BCUT2D eigenvalue weighted by Gasteiger charge is -2.05. The molecule has 0 aliphatic heterocycles. The van der Waals surface area contributed by atoms with Crippen LogP contribution < -0.4 is 5.56 Å². The molecule has 3 aromatic rings. The molecule has 0 spiro atoms. The van der Waals surface area contributed by atoms with E-state index in [4.69, 9.17) is 5.11 Å². The molecule has 3 rings (SSSR count). The summed E-state index contributed by atoms with van der Waals surface area (Å²) in [4.78, 5) is 27.8. The molecule has 0 radical (unpaired) electrons. The zero-order valence-electron chi connectivity index (χ0n) is 10.5. The summed E-state index contributed by atoms with van der Waals surface area (Å²) in [5, 5.41) is 15.2. The number of aromatic nitrogens is 4. The molecular formula is C12H10N4O3S. The van der Waals surface area contributed by atoms with Gasteiger partial charge in [0.2, 0.25) is 0 Å². The summed E-state index contributed by atoms with van der Waals surface area (Å²) in [7, 11) is 1.71. The summed E-state index contributed by atoms with van der Waals surface area (Å²) >= 11 is 1.14. The van der Waals surface area contributed by atoms with Crippen molar-refractivity contribution in [1.82, 2.24) is 19.3 Å². The highest BCUT2D eigenvalue weighted by molar-refractivity contribution is 7.12. The first-order valence-corrected chi connectivity index (χ1v) is 6.62. The molecule has 0 atom stereocenters. The minimum Gasteiger partial charge on any atom is -0.477 e. The van der Waals surface area contributed by atoms with Gasteiger partial charge in [0, 0.05) is 7.05 Å². The van der Waals surface area contributed by atoms with Crippen LogP contribution in [0.5, 0.6) is 0 Å². The van der Waals surface area contributed by atoms with Gasteiger partial charge in [-0.2, -0.15) is 5.10 Å². The molecule has 0 aliphatic rings. The second-order valence-electron chi connectivity index (χ2n) is 4.26. The number of thiophene rings is 1. The summed E-state index contributed by atoms with van der Waals surface area (Å²) in [6.45, 7) is 0.182. The highest BCUT2D eigenvalue weighted by atomic mass is 32.1. The molecule has 3 heterocycles. The predicted molar refractivity (Wildman–Crippen MR) is 73.1 cm³/mol. The van der Waals surface area contributed by atoms with Gasteiger partial charge < -0.3 is 5.11 Å². The number of aromatic carboxylic acids is 1. The number of hydrogen-bond acceptors (Lipinski definition) is 5. The molecule has 0 fully saturated rings. The van der Waals surface area contributed by atoms with Crippen LogP contribution in [0.4, 0.5) is 0 Å². The van der Waals surface area contributed by atoms with E-state index in [0.29, 0.717) is 16.6 Å². The molecule has 0 saturated carbocycles. The van der Waals surface area contributed by atoms with Crippen molar-refractivity contribution >= 4 is 28.3 Å². The Bertz CT molecular complexity index is 861. The van der Waals surface area contributed by atoms with Gasteiger partial charge in [0.15, 0.2) is 5.65 Å². The summed E-state index contributed by atoms with van der Waals surface area (Å²) in [5.41, 5.74) is 0.871. The maximum atomic E-state index is 12.3. The molecule has 20 heavy (non-hydrogen) atoms. The Labute approximate surface area is 116 Å². The van der Waals surface area contributed by atoms with Crippen molar-refractivity contribution in [2.75, 3.05) is 0 Å². The van der Waals surface area contributed by atoms with E-state index in [1.54, 1.807) is 18.5 Å². The maximum absolute atomic E-state index is 12.3. The second kappa shape index (κ2) is 4.57. The number of fused-ring (bicyclic) bond motifs is 1. The number of nitrogens with zero attached hydrogens (tertiary/aromatic N) is 4. The lowest BCUT2D eigenvalue weighted by atomic mass is 10.2. The number of aryl methyl sites for hydroxylation is 1.